The number of halogens is 2. The zero-order valence-electron chi connectivity index (χ0n) is 10.2. The van der Waals surface area contributed by atoms with Gasteiger partial charge in [0.1, 0.15) is 0 Å². The van der Waals surface area contributed by atoms with E-state index < -0.39 is 0 Å². The van der Waals surface area contributed by atoms with Crippen LogP contribution in [0.25, 0.3) is 0 Å². The van der Waals surface area contributed by atoms with E-state index in [1.807, 2.05) is 7.05 Å². The normalized spacial score (nSPS) is 12.7. The van der Waals surface area contributed by atoms with Crippen molar-refractivity contribution in [3.8, 4) is 0 Å². The largest absolute Gasteiger partial charge is 0.305 e. The molecule has 18 heavy (non-hydrogen) atoms. The van der Waals surface area contributed by atoms with Crippen molar-refractivity contribution >= 4 is 38.5 Å². The fourth-order valence-electron chi connectivity index (χ4n) is 1.91. The van der Waals surface area contributed by atoms with Crippen LogP contribution in [-0.2, 0) is 7.05 Å². The van der Waals surface area contributed by atoms with Crippen LogP contribution in [0.4, 0.5) is 0 Å². The van der Waals surface area contributed by atoms with E-state index in [-0.39, 0.29) is 6.04 Å². The smallest absolute Gasteiger partial charge is 0.153 e. The Kier molecular flexibility index (Phi) is 4.74. The second kappa shape index (κ2) is 6.12. The molecule has 6 heteroatoms. The molecule has 0 radical (unpaired) electrons. The monoisotopic (exact) mass is 420 g/mol. The van der Waals surface area contributed by atoms with Crippen molar-refractivity contribution in [3.05, 3.63) is 43.7 Å². The lowest BCUT2D eigenvalue weighted by Gasteiger charge is -2.18. The van der Waals surface area contributed by atoms with E-state index in [4.69, 9.17) is 0 Å². The molecule has 1 aromatic heterocycles. The molecule has 1 N–H and O–H groups in total. The van der Waals surface area contributed by atoms with Crippen LogP contribution in [-0.4, -0.2) is 21.5 Å². The molecular formula is C12H14BrIN4. The van der Waals surface area contributed by atoms with Gasteiger partial charge < -0.3 is 5.32 Å². The summed E-state index contributed by atoms with van der Waals surface area (Å²) in [6.45, 7) is 2.98. The minimum absolute atomic E-state index is 0.0964. The summed E-state index contributed by atoms with van der Waals surface area (Å²) in [4.78, 5) is 0. The average molecular weight is 421 g/mol. The van der Waals surface area contributed by atoms with E-state index in [1.165, 1.54) is 9.13 Å². The van der Waals surface area contributed by atoms with Gasteiger partial charge in [-0.1, -0.05) is 24.3 Å². The number of aryl methyl sites for hydroxylation is 1. The second-order valence-corrected chi connectivity index (χ2v) is 5.93. The Labute approximate surface area is 128 Å². The lowest BCUT2D eigenvalue weighted by molar-refractivity contribution is 0.567. The molecular weight excluding hydrogens is 407 g/mol. The molecule has 1 aromatic carbocycles. The zero-order chi connectivity index (χ0) is 13.1. The maximum atomic E-state index is 4.05. The summed E-state index contributed by atoms with van der Waals surface area (Å²) < 4.78 is 3.81. The van der Waals surface area contributed by atoms with E-state index in [2.05, 4.69) is 85.3 Å². The minimum atomic E-state index is 0.0964. The molecule has 2 aromatic rings. The Balaban J connectivity index is 2.46. The predicted molar refractivity (Wildman–Crippen MR) is 83.4 cm³/mol. The van der Waals surface area contributed by atoms with Crippen molar-refractivity contribution in [1.29, 1.82) is 0 Å². The van der Waals surface area contributed by atoms with Gasteiger partial charge in [-0.15, -0.1) is 5.10 Å². The summed E-state index contributed by atoms with van der Waals surface area (Å²) in [6.07, 6.45) is 0. The molecule has 0 bridgehead atoms. The summed E-state index contributed by atoms with van der Waals surface area (Å²) >= 11 is 5.79. The Morgan fingerprint density at radius 1 is 1.50 bits per heavy atom. The number of hydrogen-bond acceptors (Lipinski definition) is 3. The first-order chi connectivity index (χ1) is 8.63. The Hall–Kier alpha value is -0.470. The lowest BCUT2D eigenvalue weighted by atomic mass is 10.0. The molecule has 0 amide bonds. The third kappa shape index (κ3) is 2.92. The molecule has 0 aliphatic carbocycles. The molecule has 2 rings (SSSR count). The van der Waals surface area contributed by atoms with Crippen LogP contribution in [0.2, 0.25) is 0 Å². The molecule has 1 atom stereocenters. The van der Waals surface area contributed by atoms with Gasteiger partial charge in [0, 0.05) is 10.6 Å². The van der Waals surface area contributed by atoms with Crippen molar-refractivity contribution in [2.45, 2.75) is 13.0 Å². The van der Waals surface area contributed by atoms with Crippen molar-refractivity contribution in [3.63, 3.8) is 0 Å². The van der Waals surface area contributed by atoms with Gasteiger partial charge >= 0.3 is 0 Å². The summed E-state index contributed by atoms with van der Waals surface area (Å²) in [5.74, 6) is 0. The Morgan fingerprint density at radius 3 is 2.83 bits per heavy atom. The van der Waals surface area contributed by atoms with Crippen molar-refractivity contribution in [1.82, 2.24) is 20.3 Å². The van der Waals surface area contributed by atoms with E-state index in [0.29, 0.717) is 0 Å². The van der Waals surface area contributed by atoms with Crippen molar-refractivity contribution in [2.75, 3.05) is 6.54 Å². The molecule has 0 aliphatic heterocycles. The summed E-state index contributed by atoms with van der Waals surface area (Å²) in [6, 6.07) is 8.55. The van der Waals surface area contributed by atoms with Gasteiger partial charge in [0.25, 0.3) is 0 Å². The van der Waals surface area contributed by atoms with Crippen LogP contribution in [0.3, 0.4) is 0 Å². The third-order valence-corrected chi connectivity index (χ3v) is 3.93. The number of aromatic nitrogens is 3. The summed E-state index contributed by atoms with van der Waals surface area (Å²) in [5, 5.41) is 11.6. The van der Waals surface area contributed by atoms with Crippen LogP contribution >= 0.6 is 38.5 Å². The van der Waals surface area contributed by atoms with E-state index in [1.54, 1.807) is 4.68 Å². The second-order valence-electron chi connectivity index (χ2n) is 3.93. The highest BCUT2D eigenvalue weighted by molar-refractivity contribution is 14.1. The van der Waals surface area contributed by atoms with Crippen LogP contribution in [0.5, 0.6) is 0 Å². The zero-order valence-corrected chi connectivity index (χ0v) is 13.9. The summed E-state index contributed by atoms with van der Waals surface area (Å²) in [7, 11) is 1.91. The molecule has 0 fully saturated rings. The highest BCUT2D eigenvalue weighted by Crippen LogP contribution is 2.27. The highest BCUT2D eigenvalue weighted by atomic mass is 127. The van der Waals surface area contributed by atoms with E-state index in [9.17, 15) is 0 Å². The van der Waals surface area contributed by atoms with E-state index in [0.717, 1.165) is 16.8 Å². The SMILES string of the molecule is CCNC(c1cccc(I)c1)c1c(Br)nnn1C. The van der Waals surface area contributed by atoms with Crippen LogP contribution < -0.4 is 5.32 Å². The number of nitrogens with zero attached hydrogens (tertiary/aromatic N) is 3. The maximum absolute atomic E-state index is 4.05. The number of benzene rings is 1. The molecule has 0 aliphatic rings. The molecule has 0 saturated heterocycles. The Bertz CT molecular complexity index is 521. The first kappa shape index (κ1) is 14.0. The summed E-state index contributed by atoms with van der Waals surface area (Å²) in [5.41, 5.74) is 2.26. The van der Waals surface area contributed by atoms with Gasteiger partial charge in [0.2, 0.25) is 0 Å². The van der Waals surface area contributed by atoms with Crippen molar-refractivity contribution in [2.24, 2.45) is 7.05 Å². The van der Waals surface area contributed by atoms with Crippen molar-refractivity contribution < 1.29 is 0 Å². The molecule has 1 unspecified atom stereocenters. The van der Waals surface area contributed by atoms with Crippen LogP contribution in [0.1, 0.15) is 24.2 Å². The van der Waals surface area contributed by atoms with Gasteiger partial charge in [-0.25, -0.2) is 4.68 Å². The number of hydrogen-bond donors (Lipinski definition) is 1. The third-order valence-electron chi connectivity index (χ3n) is 2.69. The van der Waals surface area contributed by atoms with E-state index >= 15 is 0 Å². The standard InChI is InChI=1S/C12H14BrIN4/c1-3-15-10(8-5-4-6-9(14)7-8)11-12(13)16-17-18(11)2/h4-7,10,15H,3H2,1-2H3. The van der Waals surface area contributed by atoms with Gasteiger partial charge in [0.05, 0.1) is 11.7 Å². The quantitative estimate of drug-likeness (QED) is 0.773. The topological polar surface area (TPSA) is 42.7 Å². The molecule has 0 saturated carbocycles. The number of nitrogens with one attached hydrogen (secondary N) is 1. The first-order valence-electron chi connectivity index (χ1n) is 5.67. The number of rotatable bonds is 4. The predicted octanol–water partition coefficient (Wildman–Crippen LogP) is 2.88. The minimum Gasteiger partial charge on any atom is -0.305 e. The average Bonchev–Trinajstić information content (AvgIpc) is 2.67. The van der Waals surface area contributed by atoms with Crippen LogP contribution in [0, 0.1) is 3.57 Å². The van der Waals surface area contributed by atoms with Gasteiger partial charge in [0.15, 0.2) is 4.60 Å². The van der Waals surface area contributed by atoms with Gasteiger partial charge in [-0.3, -0.25) is 0 Å². The van der Waals surface area contributed by atoms with Gasteiger partial charge in [-0.05, 0) is 62.8 Å². The maximum Gasteiger partial charge on any atom is 0.153 e. The fraction of sp³-hybridized carbons (Fsp3) is 0.333. The van der Waals surface area contributed by atoms with Crippen LogP contribution in [0.15, 0.2) is 28.9 Å². The molecule has 4 nitrogen and oxygen atoms in total. The van der Waals surface area contributed by atoms with Gasteiger partial charge in [-0.2, -0.15) is 0 Å². The molecule has 1 heterocycles. The lowest BCUT2D eigenvalue weighted by Crippen LogP contribution is -2.24. The highest BCUT2D eigenvalue weighted by Gasteiger charge is 2.21. The fourth-order valence-corrected chi connectivity index (χ4v) is 3.03. The first-order valence-corrected chi connectivity index (χ1v) is 7.54. The molecule has 0 spiro atoms. The Morgan fingerprint density at radius 2 is 2.28 bits per heavy atom. The molecule has 96 valence electrons.